The first-order chi connectivity index (χ1) is 19.3. The van der Waals surface area contributed by atoms with E-state index in [9.17, 15) is 39.6 Å². The number of benzene rings is 1. The summed E-state index contributed by atoms with van der Waals surface area (Å²) in [7, 11) is 1.55. The molecular weight excluding hydrogens is 537 g/mol. The average Bonchev–Trinajstić information content (AvgIpc) is 3.41. The maximum atomic E-state index is 15.5. The fourth-order valence-corrected chi connectivity index (χ4v) is 7.02. The molecule has 11 nitrogen and oxygen atoms in total. The van der Waals surface area contributed by atoms with Crippen molar-refractivity contribution in [3.05, 3.63) is 45.5 Å². The number of carbonyl (C=O) groups is 4. The van der Waals surface area contributed by atoms with E-state index in [-0.39, 0.29) is 60.4 Å². The maximum absolute atomic E-state index is 15.5. The van der Waals surface area contributed by atoms with Gasteiger partial charge in [-0.3, -0.25) is 29.0 Å². The van der Waals surface area contributed by atoms with Gasteiger partial charge in [0.1, 0.15) is 28.7 Å². The highest BCUT2D eigenvalue weighted by atomic mass is 19.1. The summed E-state index contributed by atoms with van der Waals surface area (Å²) in [5.74, 6) is -9.01. The number of carbonyl (C=O) groups excluding carboxylic acids is 4. The van der Waals surface area contributed by atoms with Gasteiger partial charge in [-0.1, -0.05) is 6.92 Å². The molecule has 3 aliphatic carbocycles. The molecule has 4 aliphatic rings. The van der Waals surface area contributed by atoms with Crippen molar-refractivity contribution in [1.82, 2.24) is 9.80 Å². The quantitative estimate of drug-likeness (QED) is 0.292. The SMILES string of the molecule is CCN(C)[C@@H]1C(=O)C(C(N)=O)=C(O)[C@@]2(O)C(=O)C3=C(O)c4c(O)c(CC(=O)CN5CCCC5)cc(F)c4C[C@H]3C[C@@H]12. The first-order valence-electron chi connectivity index (χ1n) is 13.8. The van der Waals surface area contributed by atoms with E-state index in [2.05, 4.69) is 0 Å². The molecule has 1 saturated heterocycles. The Balaban J connectivity index is 1.60. The van der Waals surface area contributed by atoms with Crippen LogP contribution in [0.2, 0.25) is 0 Å². The van der Waals surface area contributed by atoms with Crippen molar-refractivity contribution in [1.29, 1.82) is 0 Å². The first kappa shape index (κ1) is 28.9. The average molecular weight is 572 g/mol. The summed E-state index contributed by atoms with van der Waals surface area (Å²) in [5, 5.41) is 45.1. The number of nitrogens with zero attached hydrogens (tertiary/aromatic N) is 2. The highest BCUT2D eigenvalue weighted by Gasteiger charge is 2.64. The normalized spacial score (nSPS) is 28.2. The lowest BCUT2D eigenvalue weighted by atomic mass is 9.57. The molecule has 1 aromatic rings. The number of aliphatic hydroxyl groups excluding tert-OH is 2. The van der Waals surface area contributed by atoms with Crippen LogP contribution in [0, 0.1) is 17.7 Å². The van der Waals surface area contributed by atoms with Crippen molar-refractivity contribution in [3.8, 4) is 5.75 Å². The van der Waals surface area contributed by atoms with Crippen molar-refractivity contribution in [2.75, 3.05) is 33.2 Å². The number of aromatic hydroxyl groups is 1. The molecule has 220 valence electrons. The van der Waals surface area contributed by atoms with E-state index < -0.39 is 69.6 Å². The number of likely N-dealkylation sites (tertiary alicyclic amines) is 1. The lowest BCUT2D eigenvalue weighted by Gasteiger charge is -2.50. The van der Waals surface area contributed by atoms with E-state index in [4.69, 9.17) is 5.73 Å². The Labute approximate surface area is 235 Å². The van der Waals surface area contributed by atoms with Crippen LogP contribution in [0.5, 0.6) is 5.75 Å². The smallest absolute Gasteiger partial charge is 0.255 e. The fourth-order valence-electron chi connectivity index (χ4n) is 7.02. The monoisotopic (exact) mass is 571 g/mol. The Morgan fingerprint density at radius 3 is 2.46 bits per heavy atom. The Morgan fingerprint density at radius 2 is 1.85 bits per heavy atom. The summed E-state index contributed by atoms with van der Waals surface area (Å²) in [6.07, 6.45) is 1.38. The van der Waals surface area contributed by atoms with E-state index in [0.717, 1.165) is 32.0 Å². The molecule has 1 amide bonds. The van der Waals surface area contributed by atoms with Crippen molar-refractivity contribution in [2.45, 2.75) is 50.7 Å². The Morgan fingerprint density at radius 1 is 1.20 bits per heavy atom. The fraction of sp³-hybridized carbons (Fsp3) is 0.517. The number of amides is 1. The molecule has 0 aromatic heterocycles. The van der Waals surface area contributed by atoms with Gasteiger partial charge in [0.15, 0.2) is 17.2 Å². The number of phenols is 1. The van der Waals surface area contributed by atoms with E-state index in [1.165, 1.54) is 4.90 Å². The van der Waals surface area contributed by atoms with Crippen molar-refractivity contribution in [2.24, 2.45) is 17.6 Å². The number of aliphatic hydroxyl groups is 3. The number of hydrogen-bond donors (Lipinski definition) is 5. The van der Waals surface area contributed by atoms with Gasteiger partial charge in [0.2, 0.25) is 5.78 Å². The molecule has 1 aliphatic heterocycles. The molecule has 5 rings (SSSR count). The minimum absolute atomic E-state index is 0.0532. The molecule has 0 spiro atoms. The summed E-state index contributed by atoms with van der Waals surface area (Å²) >= 11 is 0. The number of fused-ring (bicyclic) bond motifs is 3. The van der Waals surface area contributed by atoms with Crippen LogP contribution < -0.4 is 5.73 Å². The molecule has 0 radical (unpaired) electrons. The van der Waals surface area contributed by atoms with Gasteiger partial charge >= 0.3 is 0 Å². The zero-order chi connectivity index (χ0) is 30.0. The minimum Gasteiger partial charge on any atom is -0.508 e. The van der Waals surface area contributed by atoms with Crippen LogP contribution in [0.3, 0.4) is 0 Å². The van der Waals surface area contributed by atoms with Gasteiger partial charge in [-0.15, -0.1) is 0 Å². The van der Waals surface area contributed by atoms with Crippen molar-refractivity contribution in [3.63, 3.8) is 0 Å². The van der Waals surface area contributed by atoms with Gasteiger partial charge in [0.05, 0.1) is 18.2 Å². The molecule has 6 N–H and O–H groups in total. The highest BCUT2D eigenvalue weighted by Crippen LogP contribution is 2.53. The Bertz CT molecular complexity index is 1430. The van der Waals surface area contributed by atoms with E-state index in [1.807, 2.05) is 4.90 Å². The van der Waals surface area contributed by atoms with Gasteiger partial charge in [-0.2, -0.15) is 0 Å². The Hall–Kier alpha value is -3.61. The Kier molecular flexibility index (Phi) is 7.29. The molecule has 1 heterocycles. The minimum atomic E-state index is -2.78. The lowest BCUT2D eigenvalue weighted by Crippen LogP contribution is -2.66. The number of primary amides is 1. The van der Waals surface area contributed by atoms with Crippen LogP contribution in [0.25, 0.3) is 5.76 Å². The lowest BCUT2D eigenvalue weighted by molar-refractivity contribution is -0.154. The number of ketones is 3. The highest BCUT2D eigenvalue weighted by molar-refractivity contribution is 6.24. The molecule has 1 saturated carbocycles. The second kappa shape index (κ2) is 10.3. The number of Topliss-reactive ketones (excluding diaryl/α,β-unsaturated/α-hetero) is 3. The second-order valence-corrected chi connectivity index (χ2v) is 11.5. The number of hydrogen-bond acceptors (Lipinski definition) is 10. The van der Waals surface area contributed by atoms with Gasteiger partial charge in [0, 0.05) is 29.0 Å². The summed E-state index contributed by atoms with van der Waals surface area (Å²) in [6.45, 7) is 3.69. The van der Waals surface area contributed by atoms with Gasteiger partial charge in [-0.25, -0.2) is 4.39 Å². The van der Waals surface area contributed by atoms with Crippen LogP contribution in [0.1, 0.15) is 42.9 Å². The first-order valence-corrected chi connectivity index (χ1v) is 13.8. The van der Waals surface area contributed by atoms with E-state index in [1.54, 1.807) is 14.0 Å². The number of nitrogens with two attached hydrogens (primary N) is 1. The van der Waals surface area contributed by atoms with Crippen LogP contribution in [0.15, 0.2) is 23.0 Å². The van der Waals surface area contributed by atoms with Gasteiger partial charge in [-0.05, 0) is 64.3 Å². The van der Waals surface area contributed by atoms with Crippen LogP contribution in [0.4, 0.5) is 4.39 Å². The number of phenolic OH excluding ortho intramolecular Hbond substituents is 1. The number of halogens is 1. The summed E-state index contributed by atoms with van der Waals surface area (Å²) in [5.41, 5.74) is 0.840. The van der Waals surface area contributed by atoms with Gasteiger partial charge < -0.3 is 26.2 Å². The topological polar surface area (TPSA) is 182 Å². The van der Waals surface area contributed by atoms with Crippen molar-refractivity contribution >= 4 is 29.0 Å². The predicted molar refractivity (Wildman–Crippen MR) is 143 cm³/mol. The largest absolute Gasteiger partial charge is 0.508 e. The standard InChI is InChI=1S/C29H34FN3O8/c1-3-32(2)22-17-10-13-9-16-18(30)11-14(8-15(34)12-33-6-4-5-7-33)23(35)20(16)24(36)19(13)26(38)29(17,41)27(39)21(25(22)37)28(31)40/h11,13,17,22,35-36,39,41H,3-10,12H2,1-2H3,(H2,31,40)/t13-,17-,22-,29-/m0/s1. The molecule has 0 bridgehead atoms. The van der Waals surface area contributed by atoms with Crippen LogP contribution in [-0.2, 0) is 32.0 Å². The number of rotatable bonds is 7. The molecule has 41 heavy (non-hydrogen) atoms. The third-order valence-corrected chi connectivity index (χ3v) is 9.15. The van der Waals surface area contributed by atoms with Crippen LogP contribution >= 0.6 is 0 Å². The summed E-state index contributed by atoms with van der Waals surface area (Å²) in [4.78, 5) is 55.5. The van der Waals surface area contributed by atoms with E-state index in [0.29, 0.717) is 0 Å². The molecule has 4 atom stereocenters. The summed E-state index contributed by atoms with van der Waals surface area (Å²) < 4.78 is 15.5. The van der Waals surface area contributed by atoms with Gasteiger partial charge in [0.25, 0.3) is 5.91 Å². The predicted octanol–water partition coefficient (Wildman–Crippen LogP) is 0.701. The molecule has 2 fully saturated rings. The zero-order valence-electron chi connectivity index (χ0n) is 22.9. The summed E-state index contributed by atoms with van der Waals surface area (Å²) in [6, 6.07) is -0.152. The van der Waals surface area contributed by atoms with Crippen LogP contribution in [-0.4, -0.2) is 98.4 Å². The van der Waals surface area contributed by atoms with Crippen molar-refractivity contribution < 1.29 is 44.0 Å². The molecule has 0 unspecified atom stereocenters. The molecular formula is C29H34FN3O8. The second-order valence-electron chi connectivity index (χ2n) is 11.5. The maximum Gasteiger partial charge on any atom is 0.255 e. The number of likely N-dealkylation sites (N-methyl/N-ethyl adjacent to an activating group) is 1. The van der Waals surface area contributed by atoms with E-state index >= 15 is 4.39 Å². The third kappa shape index (κ3) is 4.36. The zero-order valence-corrected chi connectivity index (χ0v) is 22.9. The molecule has 12 heteroatoms. The third-order valence-electron chi connectivity index (χ3n) is 9.15. The molecule has 1 aromatic carbocycles.